The van der Waals surface area contributed by atoms with Crippen molar-refractivity contribution in [3.63, 3.8) is 0 Å². The molecule has 2 nitrogen and oxygen atoms in total. The Bertz CT molecular complexity index is 601. The van der Waals surface area contributed by atoms with Crippen molar-refractivity contribution >= 4 is 0 Å². The second-order valence-electron chi connectivity index (χ2n) is 4.85. The first-order valence-electron chi connectivity index (χ1n) is 6.98. The van der Waals surface area contributed by atoms with E-state index in [-0.39, 0.29) is 24.3 Å². The fourth-order valence-corrected chi connectivity index (χ4v) is 2.11. The summed E-state index contributed by atoms with van der Waals surface area (Å²) in [6, 6.07) is 11.0. The molecule has 1 N–H and O–H groups in total. The average molecular weight is 291 g/mol. The summed E-state index contributed by atoms with van der Waals surface area (Å²) in [7, 11) is 0. The number of nitrogens with one attached hydrogen (secondary N) is 1. The van der Waals surface area contributed by atoms with Crippen LogP contribution in [0.15, 0.2) is 42.5 Å². The predicted molar refractivity (Wildman–Crippen MR) is 79.4 cm³/mol. The van der Waals surface area contributed by atoms with Crippen LogP contribution in [0.3, 0.4) is 0 Å². The van der Waals surface area contributed by atoms with Gasteiger partial charge in [0.15, 0.2) is 0 Å². The molecule has 0 saturated heterocycles. The summed E-state index contributed by atoms with van der Waals surface area (Å²) >= 11 is 0. The SMILES string of the molecule is CCNC(COc1ccc(C)c(F)c1)c1ccccc1F. The summed E-state index contributed by atoms with van der Waals surface area (Å²) in [5, 5.41) is 3.18. The molecule has 0 amide bonds. The maximum Gasteiger partial charge on any atom is 0.129 e. The fourth-order valence-electron chi connectivity index (χ4n) is 2.11. The van der Waals surface area contributed by atoms with Crippen molar-refractivity contribution in [2.45, 2.75) is 19.9 Å². The highest BCUT2D eigenvalue weighted by Crippen LogP contribution is 2.20. The van der Waals surface area contributed by atoms with Crippen molar-refractivity contribution in [2.75, 3.05) is 13.2 Å². The largest absolute Gasteiger partial charge is 0.491 e. The minimum atomic E-state index is -0.307. The number of ether oxygens (including phenoxy) is 1. The zero-order valence-electron chi connectivity index (χ0n) is 12.2. The second kappa shape index (κ2) is 7.18. The van der Waals surface area contributed by atoms with Crippen LogP contribution in [0.4, 0.5) is 8.78 Å². The Morgan fingerprint density at radius 3 is 2.52 bits per heavy atom. The molecular weight excluding hydrogens is 272 g/mol. The highest BCUT2D eigenvalue weighted by atomic mass is 19.1. The lowest BCUT2D eigenvalue weighted by Crippen LogP contribution is -2.27. The molecule has 2 aromatic rings. The zero-order chi connectivity index (χ0) is 15.2. The van der Waals surface area contributed by atoms with Crippen LogP contribution in [0, 0.1) is 18.6 Å². The summed E-state index contributed by atoms with van der Waals surface area (Å²) in [6.45, 7) is 4.56. The summed E-state index contributed by atoms with van der Waals surface area (Å²) in [4.78, 5) is 0. The van der Waals surface area contributed by atoms with Crippen LogP contribution in [-0.2, 0) is 0 Å². The van der Waals surface area contributed by atoms with Gasteiger partial charge in [-0.25, -0.2) is 8.78 Å². The number of aryl methyl sites for hydroxylation is 1. The van der Waals surface area contributed by atoms with Crippen molar-refractivity contribution in [1.29, 1.82) is 0 Å². The molecule has 0 bridgehead atoms. The van der Waals surface area contributed by atoms with E-state index in [1.807, 2.05) is 6.92 Å². The van der Waals surface area contributed by atoms with Crippen molar-refractivity contribution in [2.24, 2.45) is 0 Å². The third-order valence-corrected chi connectivity index (χ3v) is 3.29. The van der Waals surface area contributed by atoms with Gasteiger partial charge in [0.05, 0.1) is 6.04 Å². The maximum atomic E-state index is 13.9. The van der Waals surface area contributed by atoms with Gasteiger partial charge in [0.25, 0.3) is 0 Å². The molecule has 0 heterocycles. The minimum absolute atomic E-state index is 0.233. The standard InChI is InChI=1S/C17H19F2NO/c1-3-20-17(14-6-4-5-7-15(14)18)11-21-13-9-8-12(2)16(19)10-13/h4-10,17,20H,3,11H2,1-2H3. The molecule has 1 unspecified atom stereocenters. The Balaban J connectivity index is 2.10. The molecule has 0 saturated carbocycles. The number of likely N-dealkylation sites (N-methyl/N-ethyl adjacent to an activating group) is 1. The van der Waals surface area contributed by atoms with Crippen molar-refractivity contribution in [1.82, 2.24) is 5.32 Å². The van der Waals surface area contributed by atoms with Crippen LogP contribution in [0.1, 0.15) is 24.1 Å². The molecular formula is C17H19F2NO. The Hall–Kier alpha value is -1.94. The van der Waals surface area contributed by atoms with E-state index in [2.05, 4.69) is 5.32 Å². The van der Waals surface area contributed by atoms with Gasteiger partial charge in [-0.15, -0.1) is 0 Å². The van der Waals surface area contributed by atoms with Gasteiger partial charge in [0.2, 0.25) is 0 Å². The third-order valence-electron chi connectivity index (χ3n) is 3.29. The van der Waals surface area contributed by atoms with Gasteiger partial charge in [-0.2, -0.15) is 0 Å². The van der Waals surface area contributed by atoms with E-state index >= 15 is 0 Å². The van der Waals surface area contributed by atoms with Gasteiger partial charge >= 0.3 is 0 Å². The molecule has 0 aliphatic rings. The summed E-state index contributed by atoms with van der Waals surface area (Å²) < 4.78 is 32.9. The van der Waals surface area contributed by atoms with Crippen molar-refractivity contribution < 1.29 is 13.5 Å². The number of rotatable bonds is 6. The normalized spacial score (nSPS) is 12.2. The molecule has 2 aromatic carbocycles. The Kier molecular flexibility index (Phi) is 5.28. The van der Waals surface area contributed by atoms with Gasteiger partial charge in [-0.1, -0.05) is 31.2 Å². The molecule has 0 aliphatic heterocycles. The highest BCUT2D eigenvalue weighted by Gasteiger charge is 2.15. The smallest absolute Gasteiger partial charge is 0.129 e. The lowest BCUT2D eigenvalue weighted by Gasteiger charge is -2.19. The van der Waals surface area contributed by atoms with Crippen LogP contribution in [0.5, 0.6) is 5.75 Å². The molecule has 2 rings (SSSR count). The molecule has 0 fully saturated rings. The van der Waals surface area contributed by atoms with Crippen LogP contribution < -0.4 is 10.1 Å². The van der Waals surface area contributed by atoms with Gasteiger partial charge in [0.1, 0.15) is 24.0 Å². The van der Waals surface area contributed by atoms with Crippen LogP contribution in [-0.4, -0.2) is 13.2 Å². The number of benzene rings is 2. The van der Waals surface area contributed by atoms with Crippen LogP contribution in [0.2, 0.25) is 0 Å². The lowest BCUT2D eigenvalue weighted by molar-refractivity contribution is 0.264. The molecule has 0 aromatic heterocycles. The predicted octanol–water partition coefficient (Wildman–Crippen LogP) is 4.00. The van der Waals surface area contributed by atoms with E-state index in [1.165, 1.54) is 12.1 Å². The van der Waals surface area contributed by atoms with E-state index in [9.17, 15) is 8.78 Å². The van der Waals surface area contributed by atoms with Gasteiger partial charge in [-0.3, -0.25) is 0 Å². The van der Waals surface area contributed by atoms with Gasteiger partial charge in [0, 0.05) is 11.6 Å². The average Bonchev–Trinajstić information content (AvgIpc) is 2.48. The zero-order valence-corrected chi connectivity index (χ0v) is 12.2. The second-order valence-corrected chi connectivity index (χ2v) is 4.85. The summed E-state index contributed by atoms with van der Waals surface area (Å²) in [6.07, 6.45) is 0. The van der Waals surface area contributed by atoms with Crippen LogP contribution >= 0.6 is 0 Å². The van der Waals surface area contributed by atoms with Crippen LogP contribution in [0.25, 0.3) is 0 Å². The Morgan fingerprint density at radius 2 is 1.86 bits per heavy atom. The fraction of sp³-hybridized carbons (Fsp3) is 0.294. The summed E-state index contributed by atoms with van der Waals surface area (Å²) in [5.41, 5.74) is 1.12. The first-order chi connectivity index (χ1) is 10.1. The molecule has 4 heteroatoms. The van der Waals surface area contributed by atoms with E-state index in [0.29, 0.717) is 23.4 Å². The van der Waals surface area contributed by atoms with Crippen molar-refractivity contribution in [3.8, 4) is 5.75 Å². The van der Waals surface area contributed by atoms with E-state index in [4.69, 9.17) is 4.74 Å². The Morgan fingerprint density at radius 1 is 1.10 bits per heavy atom. The molecule has 0 aliphatic carbocycles. The van der Waals surface area contributed by atoms with Crippen molar-refractivity contribution in [3.05, 3.63) is 65.2 Å². The lowest BCUT2D eigenvalue weighted by atomic mass is 10.1. The minimum Gasteiger partial charge on any atom is -0.491 e. The Labute approximate surface area is 123 Å². The summed E-state index contributed by atoms with van der Waals surface area (Å²) in [5.74, 6) is -0.141. The molecule has 0 spiro atoms. The molecule has 0 radical (unpaired) electrons. The first-order valence-corrected chi connectivity index (χ1v) is 6.98. The van der Waals surface area contributed by atoms with E-state index in [0.717, 1.165) is 0 Å². The van der Waals surface area contributed by atoms with Gasteiger partial charge in [-0.05, 0) is 31.2 Å². The third kappa shape index (κ3) is 4.02. The topological polar surface area (TPSA) is 21.3 Å². The molecule has 21 heavy (non-hydrogen) atoms. The van der Waals surface area contributed by atoms with E-state index < -0.39 is 0 Å². The number of hydrogen-bond donors (Lipinski definition) is 1. The quantitative estimate of drug-likeness (QED) is 0.868. The highest BCUT2D eigenvalue weighted by molar-refractivity contribution is 5.28. The first kappa shape index (κ1) is 15.4. The van der Waals surface area contributed by atoms with Gasteiger partial charge < -0.3 is 10.1 Å². The molecule has 1 atom stereocenters. The number of hydrogen-bond acceptors (Lipinski definition) is 2. The monoisotopic (exact) mass is 291 g/mol. The maximum absolute atomic E-state index is 13.9. The number of halogens is 2. The van der Waals surface area contributed by atoms with E-state index in [1.54, 1.807) is 37.3 Å². The molecule has 112 valence electrons.